The topological polar surface area (TPSA) is 158 Å². The van der Waals surface area contributed by atoms with Gasteiger partial charge < -0.3 is 19.1 Å². The molecule has 54 heavy (non-hydrogen) atoms. The molecule has 1 aromatic heterocycles. The predicted molar refractivity (Wildman–Crippen MR) is 198 cm³/mol. The summed E-state index contributed by atoms with van der Waals surface area (Å²) in [5.41, 5.74) is -2.06. The van der Waals surface area contributed by atoms with E-state index in [9.17, 15) is 32.0 Å². The number of sulfonamides is 1. The van der Waals surface area contributed by atoms with Crippen molar-refractivity contribution in [3.05, 3.63) is 42.4 Å². The first-order valence-corrected chi connectivity index (χ1v) is 20.5. The maximum atomic E-state index is 14.8. The summed E-state index contributed by atoms with van der Waals surface area (Å²) in [7, 11) is -2.45. The molecule has 2 aliphatic heterocycles. The lowest BCUT2D eigenvalue weighted by Crippen LogP contribution is -2.47. The van der Waals surface area contributed by atoms with Gasteiger partial charge in [0.05, 0.1) is 48.1 Å². The van der Waals surface area contributed by atoms with Crippen LogP contribution < -0.4 is 14.2 Å². The number of ketones is 1. The van der Waals surface area contributed by atoms with E-state index < -0.39 is 73.7 Å². The number of ether oxygens (including phenoxy) is 3. The fraction of sp³-hybridized carbons (Fsp3) is 0.625. The summed E-state index contributed by atoms with van der Waals surface area (Å²) in [6, 6.07) is 3.16. The van der Waals surface area contributed by atoms with Crippen molar-refractivity contribution < 1.29 is 46.2 Å². The molecule has 14 heteroatoms. The van der Waals surface area contributed by atoms with Crippen LogP contribution in [0.5, 0.6) is 11.6 Å². The lowest BCUT2D eigenvalue weighted by molar-refractivity contribution is -0.160. The van der Waals surface area contributed by atoms with Crippen LogP contribution in [0.15, 0.2) is 36.5 Å². The number of allylic oxidation sites excluding steroid dienone is 2. The first-order chi connectivity index (χ1) is 25.4. The zero-order valence-corrected chi connectivity index (χ0v) is 32.7. The highest BCUT2D eigenvalue weighted by molar-refractivity contribution is 7.90. The molecule has 1 aromatic carbocycles. The number of hydrogen-bond acceptors (Lipinski definition) is 10. The zero-order valence-electron chi connectivity index (χ0n) is 31.9. The van der Waals surface area contributed by atoms with Crippen molar-refractivity contribution in [2.45, 2.75) is 115 Å². The Bertz CT molecular complexity index is 1940. The summed E-state index contributed by atoms with van der Waals surface area (Å²) >= 11 is 0. The number of esters is 1. The maximum Gasteiger partial charge on any atom is 0.307 e. The van der Waals surface area contributed by atoms with Crippen LogP contribution in [-0.2, 0) is 33.9 Å². The first-order valence-electron chi connectivity index (χ1n) is 19.0. The Kier molecular flexibility index (Phi) is 11.2. The number of amides is 2. The highest BCUT2D eigenvalue weighted by atomic mass is 32.2. The van der Waals surface area contributed by atoms with E-state index in [0.717, 1.165) is 6.42 Å². The minimum atomic E-state index is -3.88. The lowest BCUT2D eigenvalue weighted by Gasteiger charge is -2.32. The van der Waals surface area contributed by atoms with Gasteiger partial charge in [-0.25, -0.2) is 17.8 Å². The number of nitrogens with zero attached hydrogens (tertiary/aromatic N) is 2. The average Bonchev–Trinajstić information content (AvgIpc) is 4.01. The van der Waals surface area contributed by atoms with E-state index in [1.807, 2.05) is 19.1 Å². The number of aromatic nitrogens is 1. The molecular weight excluding hydrogens is 718 g/mol. The van der Waals surface area contributed by atoms with E-state index in [-0.39, 0.29) is 55.2 Å². The third kappa shape index (κ3) is 8.74. The quantitative estimate of drug-likeness (QED) is 0.262. The van der Waals surface area contributed by atoms with E-state index in [1.54, 1.807) is 26.8 Å². The number of methoxy groups -OCH3 is 1. The van der Waals surface area contributed by atoms with Crippen molar-refractivity contribution in [2.24, 2.45) is 29.1 Å². The molecule has 3 fully saturated rings. The van der Waals surface area contributed by atoms with Gasteiger partial charge in [-0.05, 0) is 89.2 Å². The minimum absolute atomic E-state index is 0.0363. The Morgan fingerprint density at radius 2 is 1.83 bits per heavy atom. The molecule has 0 unspecified atom stereocenters. The predicted octanol–water partition coefficient (Wildman–Crippen LogP) is 5.67. The Morgan fingerprint density at radius 1 is 1.09 bits per heavy atom. The Morgan fingerprint density at radius 3 is 2.52 bits per heavy atom. The number of carbonyl (C=O) groups is 4. The van der Waals surface area contributed by atoms with E-state index in [1.165, 1.54) is 30.3 Å². The molecule has 294 valence electrons. The van der Waals surface area contributed by atoms with Gasteiger partial charge in [-0.15, -0.1) is 0 Å². The molecule has 12 nitrogen and oxygen atoms in total. The van der Waals surface area contributed by atoms with Crippen LogP contribution in [0.1, 0.15) is 92.4 Å². The fourth-order valence-corrected chi connectivity index (χ4v) is 9.55. The van der Waals surface area contributed by atoms with Crippen molar-refractivity contribution in [3.8, 4) is 11.6 Å². The summed E-state index contributed by atoms with van der Waals surface area (Å²) in [5, 5.41) is 0.291. The van der Waals surface area contributed by atoms with Crippen molar-refractivity contribution >= 4 is 44.4 Å². The third-order valence-corrected chi connectivity index (χ3v) is 13.1. The first kappa shape index (κ1) is 39.6. The smallest absolute Gasteiger partial charge is 0.307 e. The number of Topliss-reactive ketones (excluding diaryl/α,β-unsaturated/α-hetero) is 1. The van der Waals surface area contributed by atoms with E-state index in [2.05, 4.69) is 16.6 Å². The zero-order chi connectivity index (χ0) is 39.2. The number of halogens is 1. The van der Waals surface area contributed by atoms with Crippen molar-refractivity contribution in [1.82, 2.24) is 14.6 Å². The molecule has 1 N–H and O–H groups in total. The van der Waals surface area contributed by atoms with Crippen molar-refractivity contribution in [2.75, 3.05) is 13.7 Å². The van der Waals surface area contributed by atoms with E-state index in [4.69, 9.17) is 14.2 Å². The Labute approximate surface area is 316 Å². The molecule has 6 rings (SSSR count). The van der Waals surface area contributed by atoms with Crippen LogP contribution in [0.2, 0.25) is 0 Å². The maximum absolute atomic E-state index is 14.8. The highest BCUT2D eigenvalue weighted by Gasteiger charge is 2.61. The molecule has 2 saturated carbocycles. The molecule has 2 aliphatic carbocycles. The van der Waals surface area contributed by atoms with Crippen molar-refractivity contribution in [1.29, 1.82) is 0 Å². The summed E-state index contributed by atoms with van der Waals surface area (Å²) < 4.78 is 60.1. The normalized spacial score (nSPS) is 30.0. The molecule has 1 saturated heterocycles. The largest absolute Gasteiger partial charge is 0.496 e. The summed E-state index contributed by atoms with van der Waals surface area (Å²) in [5.74, 6) is -3.46. The monoisotopic (exact) mass is 769 g/mol. The van der Waals surface area contributed by atoms with Crippen LogP contribution >= 0.6 is 0 Å². The molecule has 7 atom stereocenters. The van der Waals surface area contributed by atoms with E-state index in [0.29, 0.717) is 42.9 Å². The SMILES string of the molecule is COc1cc(F)cc2c(O[C@@H]3C[C@H]4C(=O)C[C@]5(C(=O)NS(=O)(=O)C6CC6)C[C@H]5/C=C\CC[C@H](C)C[C@@H](C)[C@H](CC(=O)OC(C)(C)C)C(=O)N4C3)nccc12. The molecule has 2 aromatic rings. The van der Waals surface area contributed by atoms with Crippen LogP contribution in [-0.4, -0.2) is 78.5 Å². The standard InChI is InChI=1S/C40H52FN3O9S/c1-23-9-7-8-10-25-20-40(25,38(48)43-54(49,50)28-11-12-28)21-33(45)32-18-27(52-36-31-16-26(41)17-34(51-6)29(31)13-14-42-36)22-44(32)37(47)30(24(2)15-23)19-35(46)53-39(3,4)5/h8,10,13-14,16-17,23-25,27-28,30,32H,7,9,11-12,15,18-22H2,1-6H3,(H,43,48)/b10-8-/t23-,24+,25+,27+,30-,32-,40+/m0/s1. The van der Waals surface area contributed by atoms with Gasteiger partial charge in [0.2, 0.25) is 27.7 Å². The summed E-state index contributed by atoms with van der Waals surface area (Å²) in [6.07, 6.45) is 7.59. The third-order valence-electron chi connectivity index (χ3n) is 11.2. The number of hydrogen-bond donors (Lipinski definition) is 1. The van der Waals surface area contributed by atoms with Gasteiger partial charge in [0.25, 0.3) is 0 Å². The second kappa shape index (κ2) is 15.2. The molecule has 3 heterocycles. The van der Waals surface area contributed by atoms with Gasteiger partial charge in [0.15, 0.2) is 5.78 Å². The highest BCUT2D eigenvalue weighted by Crippen LogP contribution is 2.57. The van der Waals surface area contributed by atoms with Crippen LogP contribution in [0, 0.1) is 34.9 Å². The average molecular weight is 770 g/mol. The molecule has 0 bridgehead atoms. The van der Waals surface area contributed by atoms with Gasteiger partial charge in [0.1, 0.15) is 23.3 Å². The molecule has 2 amide bonds. The van der Waals surface area contributed by atoms with E-state index >= 15 is 0 Å². The summed E-state index contributed by atoms with van der Waals surface area (Å²) in [4.78, 5) is 62.3. The number of nitrogens with one attached hydrogen (secondary N) is 1. The van der Waals surface area contributed by atoms with Crippen LogP contribution in [0.4, 0.5) is 4.39 Å². The fourth-order valence-electron chi connectivity index (χ4n) is 8.16. The Balaban J connectivity index is 1.36. The van der Waals surface area contributed by atoms with Crippen LogP contribution in [0.3, 0.4) is 0 Å². The minimum Gasteiger partial charge on any atom is -0.496 e. The molecule has 0 radical (unpaired) electrons. The van der Waals surface area contributed by atoms with Gasteiger partial charge in [0, 0.05) is 30.5 Å². The number of rotatable bonds is 8. The number of pyridine rings is 1. The molecular formula is C40H52FN3O9S. The number of carbonyl (C=O) groups excluding carboxylic acids is 4. The lowest BCUT2D eigenvalue weighted by atomic mass is 9.82. The number of fused-ring (bicyclic) bond motifs is 3. The van der Waals surface area contributed by atoms with Gasteiger partial charge in [-0.1, -0.05) is 26.0 Å². The number of benzene rings is 1. The summed E-state index contributed by atoms with van der Waals surface area (Å²) in [6.45, 7) is 9.27. The second-order valence-electron chi connectivity index (χ2n) is 16.8. The Hall–Kier alpha value is -4.07. The van der Waals surface area contributed by atoms with Gasteiger partial charge in [-0.3, -0.25) is 23.9 Å². The van der Waals surface area contributed by atoms with Gasteiger partial charge >= 0.3 is 5.97 Å². The second-order valence-corrected chi connectivity index (χ2v) is 18.8. The van der Waals surface area contributed by atoms with Crippen LogP contribution in [0.25, 0.3) is 10.8 Å². The molecule has 0 spiro atoms. The van der Waals surface area contributed by atoms with Gasteiger partial charge in [-0.2, -0.15) is 0 Å². The molecule has 4 aliphatic rings. The van der Waals surface area contributed by atoms with Crippen molar-refractivity contribution in [3.63, 3.8) is 0 Å².